The highest BCUT2D eigenvalue weighted by Gasteiger charge is 2.36. The van der Waals surface area contributed by atoms with Gasteiger partial charge in [-0.1, -0.05) is 0 Å². The summed E-state index contributed by atoms with van der Waals surface area (Å²) in [5.74, 6) is 0.0246. The van der Waals surface area contributed by atoms with Crippen molar-refractivity contribution in [2.24, 2.45) is 0 Å². The van der Waals surface area contributed by atoms with Gasteiger partial charge in [0.25, 0.3) is 0 Å². The van der Waals surface area contributed by atoms with Crippen LogP contribution in [0.4, 0.5) is 0 Å². The van der Waals surface area contributed by atoms with Crippen molar-refractivity contribution < 1.29 is 14.3 Å². The third kappa shape index (κ3) is 1.84. The Kier molecular flexibility index (Phi) is 2.43. The highest BCUT2D eigenvalue weighted by atomic mass is 16.4. The predicted octanol–water partition coefficient (Wildman–Crippen LogP) is 2.02. The molecule has 0 spiro atoms. The van der Waals surface area contributed by atoms with Crippen molar-refractivity contribution in [3.05, 3.63) is 17.3 Å². The lowest BCUT2D eigenvalue weighted by Gasteiger charge is -2.16. The van der Waals surface area contributed by atoms with Gasteiger partial charge in [-0.05, 0) is 39.3 Å². The van der Waals surface area contributed by atoms with Crippen LogP contribution in [0.1, 0.15) is 59.8 Å². The molecule has 2 fully saturated rings. The van der Waals surface area contributed by atoms with Crippen LogP contribution in [0.5, 0.6) is 0 Å². The Morgan fingerprint density at radius 1 is 1.47 bits per heavy atom. The summed E-state index contributed by atoms with van der Waals surface area (Å²) in [7, 11) is 2.01. The first-order valence-electron chi connectivity index (χ1n) is 6.11. The molecule has 1 unspecified atom stereocenters. The fourth-order valence-electron chi connectivity index (χ4n) is 2.49. The molecule has 0 bridgehead atoms. The standard InChI is InChI=1S/C12H16N2O3/c1-14-6-2-3-8(14)9-10(12(15)16)17-11(13-9)7-4-5-7/h7-8H,2-6H2,1H3,(H,15,16). The van der Waals surface area contributed by atoms with E-state index in [0.717, 1.165) is 32.2 Å². The first kappa shape index (κ1) is 10.8. The Bertz CT molecular complexity index is 451. The van der Waals surface area contributed by atoms with Gasteiger partial charge in [-0.15, -0.1) is 0 Å². The van der Waals surface area contributed by atoms with E-state index < -0.39 is 5.97 Å². The molecule has 17 heavy (non-hydrogen) atoms. The van der Waals surface area contributed by atoms with Crippen LogP contribution in [0.2, 0.25) is 0 Å². The lowest BCUT2D eigenvalue weighted by molar-refractivity contribution is 0.0656. The highest BCUT2D eigenvalue weighted by molar-refractivity contribution is 5.85. The number of rotatable bonds is 3. The van der Waals surface area contributed by atoms with Crippen molar-refractivity contribution in [3.63, 3.8) is 0 Å². The molecule has 0 aromatic carbocycles. The van der Waals surface area contributed by atoms with E-state index >= 15 is 0 Å². The summed E-state index contributed by atoms with van der Waals surface area (Å²) in [6.07, 6.45) is 4.19. The van der Waals surface area contributed by atoms with E-state index in [1.165, 1.54) is 0 Å². The van der Waals surface area contributed by atoms with Crippen LogP contribution in [0.3, 0.4) is 0 Å². The Balaban J connectivity index is 1.98. The van der Waals surface area contributed by atoms with Crippen LogP contribution >= 0.6 is 0 Å². The van der Waals surface area contributed by atoms with Gasteiger partial charge < -0.3 is 9.52 Å². The van der Waals surface area contributed by atoms with E-state index in [9.17, 15) is 9.90 Å². The monoisotopic (exact) mass is 236 g/mol. The fraction of sp³-hybridized carbons (Fsp3) is 0.667. The van der Waals surface area contributed by atoms with Crippen molar-refractivity contribution in [1.82, 2.24) is 9.88 Å². The molecule has 5 heteroatoms. The smallest absolute Gasteiger partial charge is 0.373 e. The van der Waals surface area contributed by atoms with E-state index in [2.05, 4.69) is 9.88 Å². The Hall–Kier alpha value is -1.36. The quantitative estimate of drug-likeness (QED) is 0.869. The number of hydrogen-bond acceptors (Lipinski definition) is 4. The minimum absolute atomic E-state index is 0.0469. The number of aromatic carboxylic acids is 1. The second kappa shape index (κ2) is 3.84. The maximum atomic E-state index is 11.2. The van der Waals surface area contributed by atoms with Gasteiger partial charge in [0.2, 0.25) is 5.76 Å². The number of carboxylic acid groups (broad SMARTS) is 1. The molecule has 1 aromatic rings. The second-order valence-corrected chi connectivity index (χ2v) is 4.98. The minimum atomic E-state index is -1.00. The van der Waals surface area contributed by atoms with E-state index in [0.29, 0.717) is 17.5 Å². The number of aromatic nitrogens is 1. The second-order valence-electron chi connectivity index (χ2n) is 4.98. The maximum absolute atomic E-state index is 11.2. The third-order valence-corrected chi connectivity index (χ3v) is 3.63. The number of likely N-dealkylation sites (tertiary alicyclic amines) is 1. The lowest BCUT2D eigenvalue weighted by Crippen LogP contribution is -2.19. The summed E-state index contributed by atoms with van der Waals surface area (Å²) in [6.45, 7) is 0.995. The number of hydrogen-bond donors (Lipinski definition) is 1. The molecule has 1 aliphatic carbocycles. The molecule has 0 radical (unpaired) electrons. The molecule has 0 amide bonds. The average Bonchev–Trinajstić information content (AvgIpc) is 2.89. The van der Waals surface area contributed by atoms with Gasteiger partial charge in [0.15, 0.2) is 5.89 Å². The molecule has 5 nitrogen and oxygen atoms in total. The molecule has 2 aliphatic rings. The van der Waals surface area contributed by atoms with Crippen LogP contribution in [-0.2, 0) is 0 Å². The summed E-state index contributed by atoms with van der Waals surface area (Å²) in [6, 6.07) is 0.109. The largest absolute Gasteiger partial charge is 0.475 e. The Morgan fingerprint density at radius 2 is 2.24 bits per heavy atom. The van der Waals surface area contributed by atoms with Crippen molar-refractivity contribution in [1.29, 1.82) is 0 Å². The summed E-state index contributed by atoms with van der Waals surface area (Å²) in [5, 5.41) is 9.18. The molecule has 1 saturated heterocycles. The zero-order chi connectivity index (χ0) is 12.0. The van der Waals surface area contributed by atoms with Crippen LogP contribution in [0.15, 0.2) is 4.42 Å². The highest BCUT2D eigenvalue weighted by Crippen LogP contribution is 2.42. The normalized spacial score (nSPS) is 25.4. The first-order valence-corrected chi connectivity index (χ1v) is 6.11. The minimum Gasteiger partial charge on any atom is -0.475 e. The first-order chi connectivity index (χ1) is 8.16. The van der Waals surface area contributed by atoms with Crippen LogP contribution in [-0.4, -0.2) is 34.6 Å². The number of nitrogens with zero attached hydrogens (tertiary/aromatic N) is 2. The fourth-order valence-corrected chi connectivity index (χ4v) is 2.49. The Labute approximate surface area is 99.4 Å². The summed E-state index contributed by atoms with van der Waals surface area (Å²) in [5.41, 5.74) is 0.624. The van der Waals surface area contributed by atoms with Gasteiger partial charge in [-0.3, -0.25) is 4.90 Å². The summed E-state index contributed by atoms with van der Waals surface area (Å²) >= 11 is 0. The van der Waals surface area contributed by atoms with Gasteiger partial charge in [-0.25, -0.2) is 9.78 Å². The zero-order valence-corrected chi connectivity index (χ0v) is 9.85. The molecule has 1 aromatic heterocycles. The SMILES string of the molecule is CN1CCCC1c1nc(C2CC2)oc1C(=O)O. The van der Waals surface area contributed by atoms with Crippen molar-refractivity contribution in [2.45, 2.75) is 37.6 Å². The molecular formula is C12H16N2O3. The molecule has 2 heterocycles. The molecule has 1 N–H and O–H groups in total. The molecule has 1 aliphatic heterocycles. The van der Waals surface area contributed by atoms with E-state index in [1.807, 2.05) is 7.05 Å². The summed E-state index contributed by atoms with van der Waals surface area (Å²) in [4.78, 5) is 17.8. The van der Waals surface area contributed by atoms with Crippen molar-refractivity contribution >= 4 is 5.97 Å². The lowest BCUT2D eigenvalue weighted by atomic mass is 10.1. The average molecular weight is 236 g/mol. The number of carbonyl (C=O) groups is 1. The number of carboxylic acids is 1. The van der Waals surface area contributed by atoms with Crippen LogP contribution < -0.4 is 0 Å². The van der Waals surface area contributed by atoms with E-state index in [4.69, 9.17) is 4.42 Å². The van der Waals surface area contributed by atoms with Crippen LogP contribution in [0.25, 0.3) is 0 Å². The third-order valence-electron chi connectivity index (χ3n) is 3.63. The Morgan fingerprint density at radius 3 is 2.76 bits per heavy atom. The zero-order valence-electron chi connectivity index (χ0n) is 9.85. The maximum Gasteiger partial charge on any atom is 0.373 e. The topological polar surface area (TPSA) is 66.6 Å². The van der Waals surface area contributed by atoms with E-state index in [1.54, 1.807) is 0 Å². The van der Waals surface area contributed by atoms with Gasteiger partial charge >= 0.3 is 5.97 Å². The van der Waals surface area contributed by atoms with Gasteiger partial charge in [-0.2, -0.15) is 0 Å². The van der Waals surface area contributed by atoms with Crippen molar-refractivity contribution in [3.8, 4) is 0 Å². The van der Waals surface area contributed by atoms with Crippen LogP contribution in [0, 0.1) is 0 Å². The molecule has 3 rings (SSSR count). The van der Waals surface area contributed by atoms with Gasteiger partial charge in [0.1, 0.15) is 5.69 Å². The predicted molar refractivity (Wildman–Crippen MR) is 60.0 cm³/mol. The molecule has 1 atom stereocenters. The molecule has 1 saturated carbocycles. The van der Waals surface area contributed by atoms with Gasteiger partial charge in [0, 0.05) is 5.92 Å². The van der Waals surface area contributed by atoms with Gasteiger partial charge in [0.05, 0.1) is 6.04 Å². The molecular weight excluding hydrogens is 220 g/mol. The summed E-state index contributed by atoms with van der Waals surface area (Å²) < 4.78 is 5.42. The van der Waals surface area contributed by atoms with E-state index in [-0.39, 0.29) is 11.8 Å². The number of oxazole rings is 1. The van der Waals surface area contributed by atoms with Crippen molar-refractivity contribution in [2.75, 3.05) is 13.6 Å². The molecule has 92 valence electrons.